The van der Waals surface area contributed by atoms with Crippen molar-refractivity contribution in [3.8, 4) is 11.5 Å². The molecule has 2 aromatic rings. The lowest BCUT2D eigenvalue weighted by atomic mass is 10.2. The van der Waals surface area contributed by atoms with Crippen molar-refractivity contribution in [2.24, 2.45) is 5.92 Å². The first-order valence-electron chi connectivity index (χ1n) is 8.27. The summed E-state index contributed by atoms with van der Waals surface area (Å²) in [6.45, 7) is 1.82. The summed E-state index contributed by atoms with van der Waals surface area (Å²) in [4.78, 5) is 12.9. The first-order chi connectivity index (χ1) is 13.2. The number of rotatable bonds is 5. The van der Waals surface area contributed by atoms with Crippen molar-refractivity contribution in [2.45, 2.75) is 16.7 Å². The highest BCUT2D eigenvalue weighted by molar-refractivity contribution is 7.99. The van der Waals surface area contributed by atoms with Crippen molar-refractivity contribution in [2.75, 3.05) is 30.0 Å². The molecule has 28 heavy (non-hydrogen) atoms. The predicted molar refractivity (Wildman–Crippen MR) is 110 cm³/mol. The van der Waals surface area contributed by atoms with Crippen LogP contribution in [0.2, 0.25) is 5.02 Å². The van der Waals surface area contributed by atoms with Gasteiger partial charge < -0.3 is 14.8 Å². The van der Waals surface area contributed by atoms with E-state index < -0.39 is 10.0 Å². The van der Waals surface area contributed by atoms with E-state index in [1.165, 1.54) is 50.2 Å². The van der Waals surface area contributed by atoms with Crippen molar-refractivity contribution in [1.82, 2.24) is 0 Å². The molecule has 2 aromatic carbocycles. The fourth-order valence-corrected chi connectivity index (χ4v) is 5.01. The number of halogens is 1. The third-order valence-corrected chi connectivity index (χ3v) is 7.15. The van der Waals surface area contributed by atoms with Gasteiger partial charge in [-0.3, -0.25) is 9.52 Å². The molecule has 2 N–H and O–H groups in total. The molecule has 1 aliphatic heterocycles. The fourth-order valence-electron chi connectivity index (χ4n) is 2.58. The van der Waals surface area contributed by atoms with Crippen molar-refractivity contribution in [1.29, 1.82) is 0 Å². The van der Waals surface area contributed by atoms with Crippen molar-refractivity contribution in [3.63, 3.8) is 0 Å². The molecule has 0 saturated heterocycles. The quantitative estimate of drug-likeness (QED) is 0.730. The van der Waals surface area contributed by atoms with Crippen LogP contribution in [0.25, 0.3) is 0 Å². The SMILES string of the molecule is COc1cc(Cl)c(NS(=O)(=O)c2ccc3c(c2)NC(=O)[C@H](C)CS3)c(OC)c1. The Morgan fingerprint density at radius 2 is 1.96 bits per heavy atom. The Labute approximate surface area is 172 Å². The Hall–Kier alpha value is -2.10. The Balaban J connectivity index is 1.97. The van der Waals surface area contributed by atoms with Crippen LogP contribution in [0.1, 0.15) is 6.92 Å². The summed E-state index contributed by atoms with van der Waals surface area (Å²) in [6, 6.07) is 7.61. The van der Waals surface area contributed by atoms with E-state index in [-0.39, 0.29) is 33.2 Å². The van der Waals surface area contributed by atoms with Crippen LogP contribution in [0.5, 0.6) is 11.5 Å². The van der Waals surface area contributed by atoms with Crippen LogP contribution in [-0.4, -0.2) is 34.3 Å². The van der Waals surface area contributed by atoms with Gasteiger partial charge in [-0.05, 0) is 18.2 Å². The molecule has 1 atom stereocenters. The Morgan fingerprint density at radius 1 is 1.21 bits per heavy atom. The van der Waals surface area contributed by atoms with Crippen LogP contribution in [0.4, 0.5) is 11.4 Å². The second-order valence-electron chi connectivity index (χ2n) is 6.15. The number of methoxy groups -OCH3 is 2. The number of nitrogens with one attached hydrogen (secondary N) is 2. The third kappa shape index (κ3) is 4.16. The lowest BCUT2D eigenvalue weighted by Crippen LogP contribution is -2.20. The number of hydrogen-bond donors (Lipinski definition) is 2. The number of ether oxygens (including phenoxy) is 2. The number of carbonyl (C=O) groups is 1. The van der Waals surface area contributed by atoms with E-state index in [0.29, 0.717) is 17.2 Å². The van der Waals surface area contributed by atoms with Crippen LogP contribution in [-0.2, 0) is 14.8 Å². The first kappa shape index (κ1) is 20.6. The van der Waals surface area contributed by atoms with E-state index in [2.05, 4.69) is 10.0 Å². The Bertz CT molecular complexity index is 1030. The molecule has 3 rings (SSSR count). The summed E-state index contributed by atoms with van der Waals surface area (Å²) in [5.74, 6) is 0.970. The number of anilines is 2. The number of sulfonamides is 1. The third-order valence-electron chi connectivity index (χ3n) is 4.18. The highest BCUT2D eigenvalue weighted by Gasteiger charge is 2.24. The number of amides is 1. The molecule has 0 fully saturated rings. The van der Waals surface area contributed by atoms with E-state index in [4.69, 9.17) is 21.1 Å². The summed E-state index contributed by atoms with van der Waals surface area (Å²) < 4.78 is 38.6. The number of fused-ring (bicyclic) bond motifs is 1. The molecule has 0 spiro atoms. The smallest absolute Gasteiger partial charge is 0.262 e. The standard InChI is InChI=1S/C18H19ClN2O5S2/c1-10-9-27-16-5-4-12(8-14(16)20-18(10)22)28(23,24)21-17-13(19)6-11(25-2)7-15(17)26-3/h4-8,10,21H,9H2,1-3H3,(H,20,22)/t10-/m1/s1. The average molecular weight is 443 g/mol. The molecule has 0 aliphatic carbocycles. The molecule has 1 aliphatic rings. The van der Waals surface area contributed by atoms with Gasteiger partial charge in [-0.2, -0.15) is 0 Å². The van der Waals surface area contributed by atoms with Gasteiger partial charge >= 0.3 is 0 Å². The summed E-state index contributed by atoms with van der Waals surface area (Å²) in [5, 5.41) is 2.91. The van der Waals surface area contributed by atoms with Gasteiger partial charge in [0, 0.05) is 28.7 Å². The minimum atomic E-state index is -3.98. The molecule has 1 heterocycles. The van der Waals surface area contributed by atoms with E-state index in [1.807, 2.05) is 6.92 Å². The average Bonchev–Trinajstić information content (AvgIpc) is 2.81. The first-order valence-corrected chi connectivity index (χ1v) is 11.1. The summed E-state index contributed by atoms with van der Waals surface area (Å²) in [7, 11) is -1.11. The molecule has 150 valence electrons. The van der Waals surface area contributed by atoms with Gasteiger partial charge in [0.15, 0.2) is 0 Å². The van der Waals surface area contributed by atoms with Crippen LogP contribution in [0.3, 0.4) is 0 Å². The van der Waals surface area contributed by atoms with Gasteiger partial charge in [-0.15, -0.1) is 11.8 Å². The van der Waals surface area contributed by atoms with Gasteiger partial charge in [0.05, 0.1) is 29.8 Å². The molecule has 0 unspecified atom stereocenters. The molecule has 7 nitrogen and oxygen atoms in total. The minimum absolute atomic E-state index is 0.00404. The Kier molecular flexibility index (Phi) is 5.97. The number of thioether (sulfide) groups is 1. The number of carbonyl (C=O) groups excluding carboxylic acids is 1. The predicted octanol–water partition coefficient (Wildman–Crippen LogP) is 3.84. The zero-order chi connectivity index (χ0) is 20.5. The lowest BCUT2D eigenvalue weighted by molar-refractivity contribution is -0.118. The van der Waals surface area contributed by atoms with Crippen molar-refractivity contribution < 1.29 is 22.7 Å². The topological polar surface area (TPSA) is 93.7 Å². The summed E-state index contributed by atoms with van der Waals surface area (Å²) in [6.07, 6.45) is 0. The van der Waals surface area contributed by atoms with Gasteiger partial charge in [0.2, 0.25) is 5.91 Å². The van der Waals surface area contributed by atoms with Crippen LogP contribution in [0, 0.1) is 5.92 Å². The molecule has 0 radical (unpaired) electrons. The molecular formula is C18H19ClN2O5S2. The minimum Gasteiger partial charge on any atom is -0.497 e. The second-order valence-corrected chi connectivity index (χ2v) is 9.30. The van der Waals surface area contributed by atoms with Crippen LogP contribution in [0.15, 0.2) is 40.1 Å². The van der Waals surface area contributed by atoms with E-state index in [0.717, 1.165) is 4.90 Å². The maximum absolute atomic E-state index is 12.9. The van der Waals surface area contributed by atoms with E-state index in [9.17, 15) is 13.2 Å². The monoisotopic (exact) mass is 442 g/mol. The summed E-state index contributed by atoms with van der Waals surface area (Å²) in [5.41, 5.74) is 0.571. The molecular weight excluding hydrogens is 424 g/mol. The molecule has 0 bridgehead atoms. The fraction of sp³-hybridized carbons (Fsp3) is 0.278. The van der Waals surface area contributed by atoms with Crippen molar-refractivity contribution >= 4 is 50.7 Å². The van der Waals surface area contributed by atoms with Gasteiger partial charge in [-0.25, -0.2) is 8.42 Å². The maximum atomic E-state index is 12.9. The highest BCUT2D eigenvalue weighted by Crippen LogP contribution is 2.39. The van der Waals surface area contributed by atoms with Gasteiger partial charge in [0.25, 0.3) is 10.0 Å². The lowest BCUT2D eigenvalue weighted by Gasteiger charge is -2.16. The highest BCUT2D eigenvalue weighted by atomic mass is 35.5. The second kappa shape index (κ2) is 8.10. The van der Waals surface area contributed by atoms with Crippen molar-refractivity contribution in [3.05, 3.63) is 35.4 Å². The molecule has 10 heteroatoms. The Morgan fingerprint density at radius 3 is 2.64 bits per heavy atom. The number of benzene rings is 2. The maximum Gasteiger partial charge on any atom is 0.262 e. The van der Waals surface area contributed by atoms with Gasteiger partial charge in [-0.1, -0.05) is 18.5 Å². The van der Waals surface area contributed by atoms with E-state index in [1.54, 1.807) is 6.07 Å². The van der Waals surface area contributed by atoms with E-state index >= 15 is 0 Å². The number of hydrogen-bond acceptors (Lipinski definition) is 6. The normalized spacial score (nSPS) is 16.6. The molecule has 1 amide bonds. The van der Waals surface area contributed by atoms with Gasteiger partial charge in [0.1, 0.15) is 17.2 Å². The van der Waals surface area contributed by atoms with Crippen LogP contribution < -0.4 is 19.5 Å². The summed E-state index contributed by atoms with van der Waals surface area (Å²) >= 11 is 7.71. The molecule has 0 aromatic heterocycles. The van der Waals surface area contributed by atoms with Crippen LogP contribution >= 0.6 is 23.4 Å². The largest absolute Gasteiger partial charge is 0.497 e. The zero-order valence-electron chi connectivity index (χ0n) is 15.4. The zero-order valence-corrected chi connectivity index (χ0v) is 17.8. The molecule has 0 saturated carbocycles.